The van der Waals surface area contributed by atoms with Gasteiger partial charge in [-0.1, -0.05) is 48.5 Å². The molecule has 5 heteroatoms. The van der Waals surface area contributed by atoms with Crippen molar-refractivity contribution >= 4 is 33.8 Å². The molecule has 4 rings (SSSR count). The summed E-state index contributed by atoms with van der Waals surface area (Å²) in [5, 5.41) is 12.0. The summed E-state index contributed by atoms with van der Waals surface area (Å²) in [6.07, 6.45) is 0. The second-order valence-corrected chi connectivity index (χ2v) is 5.90. The van der Waals surface area contributed by atoms with Crippen LogP contribution in [-0.2, 0) is 9.59 Å². The highest BCUT2D eigenvalue weighted by Crippen LogP contribution is 2.35. The lowest BCUT2D eigenvalue weighted by Gasteiger charge is -2.17. The monoisotopic (exact) mass is 345 g/mol. The maximum Gasteiger partial charge on any atom is 0.301 e. The number of ether oxygens (including phenoxy) is 1. The standard InChI is InChI=1S/C21H15NO4/c1-26-15-11-9-14(10-12-15)18-19(23)21(25)22(20(18)24)17-8-4-6-13-5-2-3-7-16(13)17/h2-12,23H,1H3. The fourth-order valence-corrected chi connectivity index (χ4v) is 3.16. The number of amides is 2. The van der Waals surface area contributed by atoms with Crippen molar-refractivity contribution in [3.8, 4) is 5.75 Å². The predicted molar refractivity (Wildman–Crippen MR) is 99.0 cm³/mol. The molecule has 0 spiro atoms. The zero-order valence-corrected chi connectivity index (χ0v) is 14.0. The van der Waals surface area contributed by atoms with E-state index in [0.29, 0.717) is 17.0 Å². The SMILES string of the molecule is COc1ccc(C2=C(O)C(=O)N(c3cccc4ccccc34)C2=O)cc1. The normalized spacial score (nSPS) is 14.4. The van der Waals surface area contributed by atoms with Gasteiger partial charge in [-0.2, -0.15) is 0 Å². The molecule has 1 aliphatic rings. The molecule has 0 aliphatic carbocycles. The summed E-state index contributed by atoms with van der Waals surface area (Å²) in [4.78, 5) is 26.6. The maximum absolute atomic E-state index is 13.0. The van der Waals surface area contributed by atoms with E-state index in [4.69, 9.17) is 4.74 Å². The Morgan fingerprint density at radius 2 is 1.54 bits per heavy atom. The van der Waals surface area contributed by atoms with Crippen molar-refractivity contribution in [1.29, 1.82) is 0 Å². The van der Waals surface area contributed by atoms with Crippen molar-refractivity contribution in [3.63, 3.8) is 0 Å². The fourth-order valence-electron chi connectivity index (χ4n) is 3.16. The largest absolute Gasteiger partial charge is 0.502 e. The molecule has 3 aromatic carbocycles. The molecule has 0 saturated heterocycles. The summed E-state index contributed by atoms with van der Waals surface area (Å²) in [6, 6.07) is 19.5. The van der Waals surface area contributed by atoms with Gasteiger partial charge in [0.25, 0.3) is 5.91 Å². The fraction of sp³-hybridized carbons (Fsp3) is 0.0476. The van der Waals surface area contributed by atoms with E-state index < -0.39 is 17.6 Å². The van der Waals surface area contributed by atoms with Crippen LogP contribution in [0.3, 0.4) is 0 Å². The Kier molecular flexibility index (Phi) is 3.69. The number of hydrogen-bond acceptors (Lipinski definition) is 4. The molecule has 1 N–H and O–H groups in total. The molecule has 0 unspecified atom stereocenters. The Balaban J connectivity index is 1.81. The molecule has 0 atom stereocenters. The highest BCUT2D eigenvalue weighted by Gasteiger charge is 2.40. The lowest BCUT2D eigenvalue weighted by molar-refractivity contribution is -0.121. The van der Waals surface area contributed by atoms with E-state index in [-0.39, 0.29) is 5.57 Å². The number of carbonyl (C=O) groups excluding carboxylic acids is 2. The molecule has 1 heterocycles. The van der Waals surface area contributed by atoms with E-state index in [1.54, 1.807) is 36.4 Å². The molecule has 0 bridgehead atoms. The minimum atomic E-state index is -0.725. The number of carbonyl (C=O) groups is 2. The first-order valence-corrected chi connectivity index (χ1v) is 8.06. The molecular weight excluding hydrogens is 330 g/mol. The second kappa shape index (κ2) is 6.04. The number of aliphatic hydroxyl groups excluding tert-OH is 1. The van der Waals surface area contributed by atoms with Crippen molar-refractivity contribution in [2.75, 3.05) is 12.0 Å². The minimum absolute atomic E-state index is 0.00872. The van der Waals surface area contributed by atoms with Crippen LogP contribution in [0.4, 0.5) is 5.69 Å². The first-order valence-electron chi connectivity index (χ1n) is 8.06. The Hall–Kier alpha value is -3.60. The van der Waals surface area contributed by atoms with E-state index >= 15 is 0 Å². The quantitative estimate of drug-likeness (QED) is 0.735. The van der Waals surface area contributed by atoms with Crippen LogP contribution in [0.5, 0.6) is 5.75 Å². The van der Waals surface area contributed by atoms with Gasteiger partial charge in [0.15, 0.2) is 5.76 Å². The number of rotatable bonds is 3. The average molecular weight is 345 g/mol. The van der Waals surface area contributed by atoms with Crippen LogP contribution in [0.25, 0.3) is 16.3 Å². The molecular formula is C21H15NO4. The molecule has 3 aromatic rings. The van der Waals surface area contributed by atoms with Gasteiger partial charge >= 0.3 is 5.91 Å². The van der Waals surface area contributed by atoms with Gasteiger partial charge < -0.3 is 9.84 Å². The molecule has 5 nitrogen and oxygen atoms in total. The van der Waals surface area contributed by atoms with Crippen molar-refractivity contribution in [3.05, 3.63) is 78.1 Å². The van der Waals surface area contributed by atoms with Crippen LogP contribution < -0.4 is 9.64 Å². The Morgan fingerprint density at radius 1 is 0.846 bits per heavy atom. The Morgan fingerprint density at radius 3 is 2.27 bits per heavy atom. The number of hydrogen-bond donors (Lipinski definition) is 1. The third-order valence-electron chi connectivity index (χ3n) is 4.45. The number of imide groups is 1. The van der Waals surface area contributed by atoms with Crippen LogP contribution in [0.2, 0.25) is 0 Å². The van der Waals surface area contributed by atoms with Gasteiger partial charge in [-0.05, 0) is 29.1 Å². The Bertz CT molecular complexity index is 1060. The minimum Gasteiger partial charge on any atom is -0.502 e. The van der Waals surface area contributed by atoms with Crippen molar-refractivity contribution < 1.29 is 19.4 Å². The summed E-state index contributed by atoms with van der Waals surface area (Å²) in [5.74, 6) is -1.20. The highest BCUT2D eigenvalue weighted by molar-refractivity contribution is 6.45. The van der Waals surface area contributed by atoms with Crippen LogP contribution in [-0.4, -0.2) is 24.0 Å². The summed E-state index contributed by atoms with van der Waals surface area (Å²) in [5.41, 5.74) is 0.906. The average Bonchev–Trinajstić information content (AvgIpc) is 2.90. The van der Waals surface area contributed by atoms with Crippen LogP contribution in [0.15, 0.2) is 72.5 Å². The molecule has 1 aliphatic heterocycles. The van der Waals surface area contributed by atoms with Crippen molar-refractivity contribution in [1.82, 2.24) is 0 Å². The number of benzene rings is 3. The molecule has 0 fully saturated rings. The van der Waals surface area contributed by atoms with Crippen LogP contribution >= 0.6 is 0 Å². The molecule has 0 radical (unpaired) electrons. The second-order valence-electron chi connectivity index (χ2n) is 5.90. The lowest BCUT2D eigenvalue weighted by Crippen LogP contribution is -2.31. The van der Waals surface area contributed by atoms with Gasteiger partial charge in [0.05, 0.1) is 18.4 Å². The van der Waals surface area contributed by atoms with E-state index in [9.17, 15) is 14.7 Å². The number of methoxy groups -OCH3 is 1. The molecule has 26 heavy (non-hydrogen) atoms. The van der Waals surface area contributed by atoms with Gasteiger partial charge in [-0.25, -0.2) is 4.90 Å². The lowest BCUT2D eigenvalue weighted by atomic mass is 10.0. The van der Waals surface area contributed by atoms with E-state index in [2.05, 4.69) is 0 Å². The van der Waals surface area contributed by atoms with Gasteiger partial charge in [0, 0.05) is 5.39 Å². The summed E-state index contributed by atoms with van der Waals surface area (Å²) in [7, 11) is 1.54. The Labute approximate surface area is 149 Å². The number of nitrogens with zero attached hydrogens (tertiary/aromatic N) is 1. The van der Waals surface area contributed by atoms with E-state index in [0.717, 1.165) is 15.7 Å². The van der Waals surface area contributed by atoms with Crippen LogP contribution in [0.1, 0.15) is 5.56 Å². The third kappa shape index (κ3) is 2.33. The van der Waals surface area contributed by atoms with E-state index in [1.807, 2.05) is 30.3 Å². The number of aliphatic hydroxyl groups is 1. The summed E-state index contributed by atoms with van der Waals surface area (Å²) >= 11 is 0. The van der Waals surface area contributed by atoms with Crippen molar-refractivity contribution in [2.45, 2.75) is 0 Å². The zero-order valence-electron chi connectivity index (χ0n) is 14.0. The number of anilines is 1. The first-order chi connectivity index (χ1) is 12.6. The number of fused-ring (bicyclic) bond motifs is 1. The van der Waals surface area contributed by atoms with Gasteiger partial charge in [-0.15, -0.1) is 0 Å². The smallest absolute Gasteiger partial charge is 0.301 e. The summed E-state index contributed by atoms with van der Waals surface area (Å²) in [6.45, 7) is 0. The third-order valence-corrected chi connectivity index (χ3v) is 4.45. The van der Waals surface area contributed by atoms with Gasteiger partial charge in [-0.3, -0.25) is 9.59 Å². The van der Waals surface area contributed by atoms with Gasteiger partial charge in [0.1, 0.15) is 5.75 Å². The van der Waals surface area contributed by atoms with Crippen LogP contribution in [0, 0.1) is 0 Å². The zero-order chi connectivity index (χ0) is 18.3. The maximum atomic E-state index is 13.0. The summed E-state index contributed by atoms with van der Waals surface area (Å²) < 4.78 is 5.10. The predicted octanol–water partition coefficient (Wildman–Crippen LogP) is 3.69. The first kappa shape index (κ1) is 15.9. The molecule has 0 aromatic heterocycles. The highest BCUT2D eigenvalue weighted by atomic mass is 16.5. The van der Waals surface area contributed by atoms with Crippen molar-refractivity contribution in [2.24, 2.45) is 0 Å². The molecule has 0 saturated carbocycles. The molecule has 2 amide bonds. The van der Waals surface area contributed by atoms with E-state index in [1.165, 1.54) is 7.11 Å². The topological polar surface area (TPSA) is 66.8 Å². The molecule has 128 valence electrons. The van der Waals surface area contributed by atoms with Gasteiger partial charge in [0.2, 0.25) is 0 Å².